The van der Waals surface area contributed by atoms with Crippen molar-refractivity contribution < 1.29 is 4.79 Å². The second kappa shape index (κ2) is 9.67. The lowest BCUT2D eigenvalue weighted by atomic mass is 10.0. The van der Waals surface area contributed by atoms with E-state index in [1.54, 1.807) is 23.1 Å². The second-order valence-electron chi connectivity index (χ2n) is 7.68. The number of thiazole rings is 1. The summed E-state index contributed by atoms with van der Waals surface area (Å²) in [5.74, 6) is 1.36. The van der Waals surface area contributed by atoms with Crippen LogP contribution in [-0.2, 0) is 6.54 Å². The molecule has 4 rings (SSSR count). The van der Waals surface area contributed by atoms with E-state index in [-0.39, 0.29) is 5.91 Å². The number of nitrogens with zero attached hydrogens (tertiary/aromatic N) is 2. The van der Waals surface area contributed by atoms with Gasteiger partial charge >= 0.3 is 0 Å². The number of aromatic nitrogens is 1. The Hall–Kier alpha value is -2.63. The van der Waals surface area contributed by atoms with Crippen molar-refractivity contribution in [2.24, 2.45) is 0 Å². The van der Waals surface area contributed by atoms with Gasteiger partial charge in [0.25, 0.3) is 5.91 Å². The molecule has 0 aliphatic heterocycles. The molecule has 1 heterocycles. The van der Waals surface area contributed by atoms with Crippen molar-refractivity contribution in [1.82, 2.24) is 4.98 Å². The number of hydrogen-bond acceptors (Lipinski definition) is 4. The molecule has 0 fully saturated rings. The van der Waals surface area contributed by atoms with Gasteiger partial charge in [-0.05, 0) is 53.1 Å². The van der Waals surface area contributed by atoms with Gasteiger partial charge in [-0.2, -0.15) is 0 Å². The average molecular weight is 447 g/mol. The van der Waals surface area contributed by atoms with Crippen LogP contribution < -0.4 is 4.90 Å². The van der Waals surface area contributed by atoms with Crippen LogP contribution in [0.2, 0.25) is 0 Å². The summed E-state index contributed by atoms with van der Waals surface area (Å²) >= 11 is 3.36. The zero-order valence-electron chi connectivity index (χ0n) is 18.0. The van der Waals surface area contributed by atoms with Crippen molar-refractivity contribution in [1.29, 1.82) is 0 Å². The second-order valence-corrected chi connectivity index (χ2v) is 10.0. The molecule has 0 saturated heterocycles. The first-order chi connectivity index (χ1) is 15.1. The number of benzene rings is 3. The Balaban J connectivity index is 1.75. The first-order valence-corrected chi connectivity index (χ1v) is 12.3. The third kappa shape index (κ3) is 4.83. The van der Waals surface area contributed by atoms with Crippen LogP contribution in [0.15, 0.2) is 77.7 Å². The fourth-order valence-electron chi connectivity index (χ4n) is 3.55. The van der Waals surface area contributed by atoms with Crippen molar-refractivity contribution in [3.63, 3.8) is 0 Å². The van der Waals surface area contributed by atoms with Crippen LogP contribution in [0.1, 0.15) is 48.2 Å². The van der Waals surface area contributed by atoms with E-state index < -0.39 is 0 Å². The Kier molecular flexibility index (Phi) is 6.73. The normalized spacial score (nSPS) is 11.2. The summed E-state index contributed by atoms with van der Waals surface area (Å²) in [7, 11) is 0. The number of para-hydroxylation sites is 1. The molecular formula is C26H26N2OS2. The molecule has 0 radical (unpaired) electrons. The van der Waals surface area contributed by atoms with Gasteiger partial charge in [0.15, 0.2) is 5.13 Å². The van der Waals surface area contributed by atoms with Crippen LogP contribution in [0, 0.1) is 0 Å². The average Bonchev–Trinajstić information content (AvgIpc) is 3.22. The van der Waals surface area contributed by atoms with Crippen molar-refractivity contribution in [2.75, 3.05) is 10.7 Å². The zero-order chi connectivity index (χ0) is 21.8. The molecule has 4 aromatic rings. The largest absolute Gasteiger partial charge is 0.279 e. The van der Waals surface area contributed by atoms with Crippen LogP contribution in [0.4, 0.5) is 5.13 Å². The van der Waals surface area contributed by atoms with Crippen LogP contribution in [0.25, 0.3) is 10.2 Å². The van der Waals surface area contributed by atoms with Gasteiger partial charge < -0.3 is 0 Å². The van der Waals surface area contributed by atoms with E-state index in [0.717, 1.165) is 26.7 Å². The monoisotopic (exact) mass is 446 g/mol. The Morgan fingerprint density at radius 3 is 2.42 bits per heavy atom. The molecule has 3 nitrogen and oxygen atoms in total. The van der Waals surface area contributed by atoms with Gasteiger partial charge in [-0.1, -0.05) is 74.6 Å². The number of thioether (sulfide) groups is 1. The highest BCUT2D eigenvalue weighted by atomic mass is 32.2. The summed E-state index contributed by atoms with van der Waals surface area (Å²) in [5.41, 5.74) is 3.98. The van der Waals surface area contributed by atoms with Crippen molar-refractivity contribution >= 4 is 44.4 Å². The molecule has 3 aromatic carbocycles. The van der Waals surface area contributed by atoms with Crippen molar-refractivity contribution in [3.8, 4) is 0 Å². The Bertz CT molecular complexity index is 1170. The van der Waals surface area contributed by atoms with Gasteiger partial charge in [0.1, 0.15) is 0 Å². The molecule has 0 N–H and O–H groups in total. The van der Waals surface area contributed by atoms with Crippen LogP contribution in [-0.4, -0.2) is 16.6 Å². The molecule has 0 atom stereocenters. The van der Waals surface area contributed by atoms with Gasteiger partial charge in [0, 0.05) is 10.5 Å². The van der Waals surface area contributed by atoms with Crippen molar-refractivity contribution in [2.45, 2.75) is 38.1 Å². The quantitative estimate of drug-likeness (QED) is 0.278. The van der Waals surface area contributed by atoms with Gasteiger partial charge in [0.05, 0.1) is 16.8 Å². The molecule has 0 saturated carbocycles. The third-order valence-electron chi connectivity index (χ3n) is 5.13. The third-order valence-corrected chi connectivity index (χ3v) is 7.07. The SMILES string of the molecule is CCSc1ccc(C(=O)N(Cc2ccccc2)c2nc3c(C(C)C)cccc3s2)cc1. The van der Waals surface area contributed by atoms with Crippen molar-refractivity contribution in [3.05, 3.63) is 89.5 Å². The molecule has 158 valence electrons. The number of carbonyl (C=O) groups excluding carboxylic acids is 1. The van der Waals surface area contributed by atoms with E-state index in [9.17, 15) is 4.79 Å². The smallest absolute Gasteiger partial charge is 0.260 e. The van der Waals surface area contributed by atoms with E-state index in [2.05, 4.69) is 39.0 Å². The summed E-state index contributed by atoms with van der Waals surface area (Å²) in [6, 6.07) is 24.3. The maximum Gasteiger partial charge on any atom is 0.260 e. The van der Waals surface area contributed by atoms with E-state index in [4.69, 9.17) is 4.98 Å². The maximum atomic E-state index is 13.6. The van der Waals surface area contributed by atoms with Gasteiger partial charge in [0.2, 0.25) is 0 Å². The fourth-order valence-corrected chi connectivity index (χ4v) is 5.21. The summed E-state index contributed by atoms with van der Waals surface area (Å²) in [6.07, 6.45) is 0. The molecule has 0 unspecified atom stereocenters. The topological polar surface area (TPSA) is 33.2 Å². The minimum Gasteiger partial charge on any atom is -0.279 e. The summed E-state index contributed by atoms with van der Waals surface area (Å²) in [5, 5.41) is 0.740. The lowest BCUT2D eigenvalue weighted by Gasteiger charge is -2.20. The highest BCUT2D eigenvalue weighted by Gasteiger charge is 2.23. The highest BCUT2D eigenvalue weighted by molar-refractivity contribution is 7.99. The zero-order valence-corrected chi connectivity index (χ0v) is 19.7. The summed E-state index contributed by atoms with van der Waals surface area (Å²) < 4.78 is 1.11. The number of fused-ring (bicyclic) bond motifs is 1. The number of amides is 1. The number of anilines is 1. The number of rotatable bonds is 7. The van der Waals surface area contributed by atoms with Crippen LogP contribution in [0.5, 0.6) is 0 Å². The standard InChI is InChI=1S/C26H26N2OS2/c1-4-30-21-15-13-20(14-16-21)25(29)28(17-19-9-6-5-7-10-19)26-27-24-22(18(2)3)11-8-12-23(24)31-26/h5-16,18H,4,17H2,1-3H3. The first-order valence-electron chi connectivity index (χ1n) is 10.5. The number of carbonyl (C=O) groups is 1. The number of hydrogen-bond donors (Lipinski definition) is 0. The first kappa shape index (κ1) is 21.6. The molecule has 1 aromatic heterocycles. The van der Waals surface area contributed by atoms with E-state index >= 15 is 0 Å². The van der Waals surface area contributed by atoms with E-state index in [1.807, 2.05) is 59.5 Å². The molecule has 0 bridgehead atoms. The molecule has 0 spiro atoms. The van der Waals surface area contributed by atoms with E-state index in [0.29, 0.717) is 18.0 Å². The van der Waals surface area contributed by atoms with Crippen LogP contribution in [0.3, 0.4) is 0 Å². The van der Waals surface area contributed by atoms with Crippen LogP contribution >= 0.6 is 23.1 Å². The van der Waals surface area contributed by atoms with E-state index in [1.165, 1.54) is 10.5 Å². The molecule has 1 amide bonds. The summed E-state index contributed by atoms with van der Waals surface area (Å²) in [4.78, 5) is 21.5. The summed E-state index contributed by atoms with van der Waals surface area (Å²) in [6.45, 7) is 6.97. The Labute approximate surface area is 192 Å². The highest BCUT2D eigenvalue weighted by Crippen LogP contribution is 2.35. The molecule has 0 aliphatic carbocycles. The lowest BCUT2D eigenvalue weighted by Crippen LogP contribution is -2.30. The minimum atomic E-state index is -0.0259. The Morgan fingerprint density at radius 2 is 1.74 bits per heavy atom. The Morgan fingerprint density at radius 1 is 1.00 bits per heavy atom. The minimum absolute atomic E-state index is 0.0259. The predicted octanol–water partition coefficient (Wildman–Crippen LogP) is 7.38. The lowest BCUT2D eigenvalue weighted by molar-refractivity contribution is 0.0985. The molecule has 31 heavy (non-hydrogen) atoms. The van der Waals surface area contributed by atoms with Gasteiger partial charge in [-0.25, -0.2) is 4.98 Å². The molecule has 5 heteroatoms. The van der Waals surface area contributed by atoms with Gasteiger partial charge in [-0.15, -0.1) is 11.8 Å². The fraction of sp³-hybridized carbons (Fsp3) is 0.231. The molecule has 0 aliphatic rings. The van der Waals surface area contributed by atoms with Gasteiger partial charge in [-0.3, -0.25) is 9.69 Å². The molecular weight excluding hydrogens is 420 g/mol. The predicted molar refractivity (Wildman–Crippen MR) is 134 cm³/mol. The maximum absolute atomic E-state index is 13.6.